The molecule has 0 aliphatic carbocycles. The second-order valence-corrected chi connectivity index (χ2v) is 5.20. The van der Waals surface area contributed by atoms with Crippen LogP contribution in [-0.2, 0) is 11.2 Å². The molecule has 0 fully saturated rings. The van der Waals surface area contributed by atoms with Crippen LogP contribution in [0.2, 0.25) is 0 Å². The molecule has 4 heteroatoms. The third-order valence-electron chi connectivity index (χ3n) is 2.26. The molecule has 2 N–H and O–H groups in total. The lowest BCUT2D eigenvalue weighted by Crippen LogP contribution is -2.33. The summed E-state index contributed by atoms with van der Waals surface area (Å²) in [5.41, 5.74) is 1.00. The van der Waals surface area contributed by atoms with Gasteiger partial charge in [-0.2, -0.15) is 0 Å². The molecule has 4 nitrogen and oxygen atoms in total. The Kier molecular flexibility index (Phi) is 5.57. The lowest BCUT2D eigenvalue weighted by atomic mass is 10.1. The van der Waals surface area contributed by atoms with Crippen molar-refractivity contribution in [3.8, 4) is 0 Å². The number of allylic oxidation sites excluding steroid dienone is 1. The number of hydrogen-bond donors (Lipinski definition) is 2. The van der Waals surface area contributed by atoms with Gasteiger partial charge in [-0.1, -0.05) is 36.4 Å². The predicted molar refractivity (Wildman–Crippen MR) is 74.7 cm³/mol. The van der Waals surface area contributed by atoms with E-state index in [0.29, 0.717) is 12.1 Å². The fraction of sp³-hybridized carbons (Fsp3) is 0.400. The molecular weight excluding hydrogens is 242 g/mol. The third kappa shape index (κ3) is 6.62. The van der Waals surface area contributed by atoms with Crippen LogP contribution in [0.5, 0.6) is 0 Å². The lowest BCUT2D eigenvalue weighted by Gasteiger charge is -2.20. The predicted octanol–water partition coefficient (Wildman–Crippen LogP) is 2.63. The number of hydrogen-bond acceptors (Lipinski definition) is 3. The Balaban J connectivity index is 2.56. The number of amides is 1. The van der Waals surface area contributed by atoms with Crippen molar-refractivity contribution < 1.29 is 14.6 Å². The summed E-state index contributed by atoms with van der Waals surface area (Å²) in [5.74, 6) is 0. The second-order valence-electron chi connectivity index (χ2n) is 5.20. The van der Waals surface area contributed by atoms with Crippen LogP contribution in [0.1, 0.15) is 26.3 Å². The highest BCUT2D eigenvalue weighted by atomic mass is 16.6. The van der Waals surface area contributed by atoms with Gasteiger partial charge in [0.2, 0.25) is 0 Å². The largest absolute Gasteiger partial charge is 0.444 e. The summed E-state index contributed by atoms with van der Waals surface area (Å²) in [5, 5.41) is 11.8. The zero-order valence-corrected chi connectivity index (χ0v) is 11.6. The van der Waals surface area contributed by atoms with Crippen LogP contribution < -0.4 is 5.32 Å². The van der Waals surface area contributed by atoms with E-state index in [2.05, 4.69) is 5.32 Å². The Labute approximate surface area is 114 Å². The first kappa shape index (κ1) is 15.2. The van der Waals surface area contributed by atoms with Gasteiger partial charge in [-0.25, -0.2) is 4.79 Å². The second kappa shape index (κ2) is 6.95. The molecule has 0 bridgehead atoms. The van der Waals surface area contributed by atoms with Crippen molar-refractivity contribution in [2.75, 3.05) is 6.61 Å². The van der Waals surface area contributed by atoms with Gasteiger partial charge < -0.3 is 9.84 Å². The van der Waals surface area contributed by atoms with Gasteiger partial charge in [-0.3, -0.25) is 5.32 Å². The van der Waals surface area contributed by atoms with Crippen LogP contribution in [0.3, 0.4) is 0 Å². The number of aliphatic hydroxyl groups excluding tert-OH is 1. The van der Waals surface area contributed by atoms with Crippen molar-refractivity contribution >= 4 is 6.09 Å². The van der Waals surface area contributed by atoms with Gasteiger partial charge in [0.05, 0.1) is 6.61 Å². The maximum absolute atomic E-state index is 11.6. The van der Waals surface area contributed by atoms with Crippen molar-refractivity contribution in [3.05, 3.63) is 47.7 Å². The molecule has 0 saturated carbocycles. The van der Waals surface area contributed by atoms with E-state index in [9.17, 15) is 9.90 Å². The molecule has 1 rings (SSSR count). The van der Waals surface area contributed by atoms with Crippen molar-refractivity contribution in [1.82, 2.24) is 5.32 Å². The van der Waals surface area contributed by atoms with Crippen LogP contribution in [0, 0.1) is 0 Å². The SMILES string of the molecule is CC(C)(C)OC(=O)N/C(=C/Cc1ccccc1)CO. The fourth-order valence-corrected chi connectivity index (χ4v) is 1.44. The van der Waals surface area contributed by atoms with Crippen molar-refractivity contribution in [2.24, 2.45) is 0 Å². The van der Waals surface area contributed by atoms with E-state index in [4.69, 9.17) is 4.74 Å². The Morgan fingerprint density at radius 1 is 1.32 bits per heavy atom. The first-order chi connectivity index (χ1) is 8.90. The highest BCUT2D eigenvalue weighted by Gasteiger charge is 2.16. The molecule has 0 saturated heterocycles. The molecule has 0 unspecified atom stereocenters. The minimum atomic E-state index is -0.555. The summed E-state index contributed by atoms with van der Waals surface area (Å²) in [6, 6.07) is 9.81. The average Bonchev–Trinajstić information content (AvgIpc) is 2.33. The minimum Gasteiger partial charge on any atom is -0.444 e. The van der Waals surface area contributed by atoms with E-state index in [1.165, 1.54) is 0 Å². The Hall–Kier alpha value is -1.81. The molecule has 1 amide bonds. The number of carbonyl (C=O) groups excluding carboxylic acids is 1. The van der Waals surface area contributed by atoms with Gasteiger partial charge in [-0.05, 0) is 32.8 Å². The molecule has 0 aromatic heterocycles. The van der Waals surface area contributed by atoms with E-state index >= 15 is 0 Å². The van der Waals surface area contributed by atoms with E-state index in [1.54, 1.807) is 26.8 Å². The molecule has 0 heterocycles. The summed E-state index contributed by atoms with van der Waals surface area (Å²) in [6.45, 7) is 5.14. The van der Waals surface area contributed by atoms with Gasteiger partial charge in [0.25, 0.3) is 0 Å². The molecule has 0 aliphatic heterocycles. The number of aliphatic hydroxyl groups is 1. The van der Waals surface area contributed by atoms with Crippen molar-refractivity contribution in [3.63, 3.8) is 0 Å². The average molecular weight is 263 g/mol. The van der Waals surface area contributed by atoms with Crippen LogP contribution in [0.25, 0.3) is 0 Å². The number of ether oxygens (including phenoxy) is 1. The number of nitrogens with one attached hydrogen (secondary N) is 1. The maximum Gasteiger partial charge on any atom is 0.411 e. The molecule has 1 aromatic rings. The monoisotopic (exact) mass is 263 g/mol. The van der Waals surface area contributed by atoms with Crippen LogP contribution in [0.15, 0.2) is 42.1 Å². The molecule has 19 heavy (non-hydrogen) atoms. The van der Waals surface area contributed by atoms with E-state index in [-0.39, 0.29) is 6.61 Å². The zero-order chi connectivity index (χ0) is 14.3. The first-order valence-corrected chi connectivity index (χ1v) is 6.24. The van der Waals surface area contributed by atoms with Crippen molar-refractivity contribution in [2.45, 2.75) is 32.8 Å². The highest BCUT2D eigenvalue weighted by molar-refractivity contribution is 5.70. The summed E-state index contributed by atoms with van der Waals surface area (Å²) >= 11 is 0. The van der Waals surface area contributed by atoms with E-state index < -0.39 is 11.7 Å². The van der Waals surface area contributed by atoms with Gasteiger partial charge in [0, 0.05) is 5.70 Å². The number of alkyl carbamates (subject to hydrolysis) is 1. The zero-order valence-electron chi connectivity index (χ0n) is 11.6. The maximum atomic E-state index is 11.6. The smallest absolute Gasteiger partial charge is 0.411 e. The van der Waals surface area contributed by atoms with E-state index in [1.807, 2.05) is 30.3 Å². The van der Waals surface area contributed by atoms with Crippen molar-refractivity contribution in [1.29, 1.82) is 0 Å². The summed E-state index contributed by atoms with van der Waals surface area (Å²) < 4.78 is 5.12. The molecular formula is C15H21NO3. The molecule has 0 atom stereocenters. The van der Waals surface area contributed by atoms with Gasteiger partial charge >= 0.3 is 6.09 Å². The Morgan fingerprint density at radius 3 is 2.47 bits per heavy atom. The summed E-state index contributed by atoms with van der Waals surface area (Å²) in [6.07, 6.45) is 1.87. The number of benzene rings is 1. The van der Waals surface area contributed by atoms with Gasteiger partial charge in [-0.15, -0.1) is 0 Å². The normalized spacial score (nSPS) is 12.1. The standard InChI is InChI=1S/C15H21NO3/c1-15(2,3)19-14(18)16-13(11-17)10-9-12-7-5-4-6-8-12/h4-8,10,17H,9,11H2,1-3H3,(H,16,18)/b13-10+. The molecule has 1 aromatic carbocycles. The van der Waals surface area contributed by atoms with Crippen LogP contribution in [0.4, 0.5) is 4.79 Å². The van der Waals surface area contributed by atoms with E-state index in [0.717, 1.165) is 5.56 Å². The minimum absolute atomic E-state index is 0.230. The molecule has 0 radical (unpaired) electrons. The van der Waals surface area contributed by atoms with Crippen LogP contribution >= 0.6 is 0 Å². The Morgan fingerprint density at radius 2 is 1.95 bits per heavy atom. The topological polar surface area (TPSA) is 58.6 Å². The quantitative estimate of drug-likeness (QED) is 0.878. The summed E-state index contributed by atoms with van der Waals surface area (Å²) in [4.78, 5) is 11.6. The van der Waals surface area contributed by atoms with Crippen LogP contribution in [-0.4, -0.2) is 23.4 Å². The molecule has 104 valence electrons. The highest BCUT2D eigenvalue weighted by Crippen LogP contribution is 2.07. The lowest BCUT2D eigenvalue weighted by molar-refractivity contribution is 0.0538. The van der Waals surface area contributed by atoms with Gasteiger partial charge in [0.1, 0.15) is 5.60 Å². The number of carbonyl (C=O) groups is 1. The molecule has 0 aliphatic rings. The molecule has 0 spiro atoms. The summed E-state index contributed by atoms with van der Waals surface area (Å²) in [7, 11) is 0. The third-order valence-corrected chi connectivity index (χ3v) is 2.26. The number of rotatable bonds is 4. The first-order valence-electron chi connectivity index (χ1n) is 6.24. The van der Waals surface area contributed by atoms with Gasteiger partial charge in [0.15, 0.2) is 0 Å². The fourth-order valence-electron chi connectivity index (χ4n) is 1.44. The Bertz CT molecular complexity index is 432.